The van der Waals surface area contributed by atoms with E-state index in [9.17, 15) is 9.59 Å². The maximum atomic E-state index is 11.6. The summed E-state index contributed by atoms with van der Waals surface area (Å²) in [6.07, 6.45) is 3.87. The van der Waals surface area contributed by atoms with Crippen LogP contribution in [0.25, 0.3) is 0 Å². The standard InChI is InChI=1S/C13H23N3O2/c1-11(17)16-7-2-6-15(9-10-16)8-5-13(18)14-12-3-4-12/h12H,2-10H2,1H3,(H,14,18). The van der Waals surface area contributed by atoms with Crippen molar-refractivity contribution in [3.8, 4) is 0 Å². The monoisotopic (exact) mass is 253 g/mol. The summed E-state index contributed by atoms with van der Waals surface area (Å²) in [4.78, 5) is 27.1. The van der Waals surface area contributed by atoms with Crippen LogP contribution in [0.15, 0.2) is 0 Å². The number of nitrogens with zero attached hydrogens (tertiary/aromatic N) is 2. The molecule has 2 fully saturated rings. The third kappa shape index (κ3) is 4.29. The second-order valence-corrected chi connectivity index (χ2v) is 5.29. The van der Waals surface area contributed by atoms with Crippen molar-refractivity contribution in [2.75, 3.05) is 32.7 Å². The lowest BCUT2D eigenvalue weighted by Gasteiger charge is -2.20. The first-order chi connectivity index (χ1) is 8.65. The number of nitrogens with one attached hydrogen (secondary N) is 1. The Kier molecular flexibility index (Phi) is 4.58. The minimum absolute atomic E-state index is 0.156. The Morgan fingerprint density at radius 2 is 1.94 bits per heavy atom. The van der Waals surface area contributed by atoms with Gasteiger partial charge in [-0.05, 0) is 25.8 Å². The minimum Gasteiger partial charge on any atom is -0.353 e. The van der Waals surface area contributed by atoms with Gasteiger partial charge in [0.25, 0.3) is 0 Å². The van der Waals surface area contributed by atoms with Crippen LogP contribution in [0.1, 0.15) is 32.6 Å². The average molecular weight is 253 g/mol. The van der Waals surface area contributed by atoms with Gasteiger partial charge in [-0.15, -0.1) is 0 Å². The van der Waals surface area contributed by atoms with Crippen LogP contribution >= 0.6 is 0 Å². The Bertz CT molecular complexity index is 315. The fourth-order valence-corrected chi connectivity index (χ4v) is 2.30. The number of amides is 2. The first kappa shape index (κ1) is 13.3. The second-order valence-electron chi connectivity index (χ2n) is 5.29. The summed E-state index contributed by atoms with van der Waals surface area (Å²) in [7, 11) is 0. The molecule has 2 aliphatic rings. The van der Waals surface area contributed by atoms with Gasteiger partial charge in [0, 0.05) is 45.6 Å². The summed E-state index contributed by atoms with van der Waals surface area (Å²) < 4.78 is 0. The molecule has 18 heavy (non-hydrogen) atoms. The number of hydrogen-bond donors (Lipinski definition) is 1. The third-order valence-electron chi connectivity index (χ3n) is 3.63. The van der Waals surface area contributed by atoms with Gasteiger partial charge in [-0.3, -0.25) is 9.59 Å². The van der Waals surface area contributed by atoms with Crippen LogP contribution in [-0.2, 0) is 9.59 Å². The van der Waals surface area contributed by atoms with Crippen LogP contribution < -0.4 is 5.32 Å². The van der Waals surface area contributed by atoms with E-state index in [2.05, 4.69) is 10.2 Å². The maximum absolute atomic E-state index is 11.6. The van der Waals surface area contributed by atoms with E-state index in [4.69, 9.17) is 0 Å². The summed E-state index contributed by atoms with van der Waals surface area (Å²) in [5, 5.41) is 3.01. The number of rotatable bonds is 4. The molecule has 0 unspecified atom stereocenters. The van der Waals surface area contributed by atoms with E-state index in [0.29, 0.717) is 12.5 Å². The molecule has 0 aromatic carbocycles. The maximum Gasteiger partial charge on any atom is 0.221 e. The molecular formula is C13H23N3O2. The summed E-state index contributed by atoms with van der Waals surface area (Å²) in [5.74, 6) is 0.327. The number of carbonyl (C=O) groups excluding carboxylic acids is 2. The molecule has 1 N–H and O–H groups in total. The molecular weight excluding hydrogens is 230 g/mol. The molecule has 0 radical (unpaired) electrons. The van der Waals surface area contributed by atoms with Gasteiger partial charge in [0.1, 0.15) is 0 Å². The molecule has 2 amide bonds. The summed E-state index contributed by atoms with van der Waals surface area (Å²) in [5.41, 5.74) is 0. The van der Waals surface area contributed by atoms with Crippen molar-refractivity contribution < 1.29 is 9.59 Å². The highest BCUT2D eigenvalue weighted by Crippen LogP contribution is 2.18. The summed E-state index contributed by atoms with van der Waals surface area (Å²) in [6, 6.07) is 0.454. The first-order valence-corrected chi connectivity index (χ1v) is 6.92. The number of hydrogen-bond acceptors (Lipinski definition) is 3. The molecule has 0 atom stereocenters. The Hall–Kier alpha value is -1.10. The van der Waals surface area contributed by atoms with E-state index in [0.717, 1.165) is 52.0 Å². The minimum atomic E-state index is 0.156. The van der Waals surface area contributed by atoms with Gasteiger partial charge >= 0.3 is 0 Å². The zero-order valence-corrected chi connectivity index (χ0v) is 11.2. The molecule has 0 aromatic heterocycles. The summed E-state index contributed by atoms with van der Waals surface area (Å²) in [6.45, 7) is 5.94. The fraction of sp³-hybridized carbons (Fsp3) is 0.846. The largest absolute Gasteiger partial charge is 0.353 e. The molecule has 1 saturated carbocycles. The predicted molar refractivity (Wildman–Crippen MR) is 69.1 cm³/mol. The van der Waals surface area contributed by atoms with Crippen LogP contribution in [0.4, 0.5) is 0 Å². The molecule has 1 aliphatic heterocycles. The quantitative estimate of drug-likeness (QED) is 0.779. The van der Waals surface area contributed by atoms with Gasteiger partial charge in [0.15, 0.2) is 0 Å². The molecule has 2 rings (SSSR count). The Balaban J connectivity index is 1.66. The van der Waals surface area contributed by atoms with Gasteiger partial charge in [-0.2, -0.15) is 0 Å². The molecule has 0 bridgehead atoms. The smallest absolute Gasteiger partial charge is 0.221 e. The fourth-order valence-electron chi connectivity index (χ4n) is 2.30. The molecule has 1 saturated heterocycles. The predicted octanol–water partition coefficient (Wildman–Crippen LogP) is 0.209. The van der Waals surface area contributed by atoms with E-state index in [-0.39, 0.29) is 11.8 Å². The molecule has 5 nitrogen and oxygen atoms in total. The molecule has 1 heterocycles. The van der Waals surface area contributed by atoms with E-state index < -0.39 is 0 Å². The van der Waals surface area contributed by atoms with Gasteiger partial charge in [-0.25, -0.2) is 0 Å². The van der Waals surface area contributed by atoms with Crippen molar-refractivity contribution in [1.82, 2.24) is 15.1 Å². The SMILES string of the molecule is CC(=O)N1CCCN(CCC(=O)NC2CC2)CC1. The van der Waals surface area contributed by atoms with Gasteiger partial charge in [-0.1, -0.05) is 0 Å². The Morgan fingerprint density at radius 3 is 2.61 bits per heavy atom. The zero-order chi connectivity index (χ0) is 13.0. The van der Waals surface area contributed by atoms with Crippen molar-refractivity contribution >= 4 is 11.8 Å². The molecule has 0 aromatic rings. The van der Waals surface area contributed by atoms with E-state index in [1.54, 1.807) is 6.92 Å². The van der Waals surface area contributed by atoms with Crippen molar-refractivity contribution in [2.45, 2.75) is 38.6 Å². The van der Waals surface area contributed by atoms with Gasteiger partial charge in [0.05, 0.1) is 0 Å². The lowest BCUT2D eigenvalue weighted by molar-refractivity contribution is -0.128. The van der Waals surface area contributed by atoms with Crippen LogP contribution in [0.2, 0.25) is 0 Å². The van der Waals surface area contributed by atoms with E-state index >= 15 is 0 Å². The third-order valence-corrected chi connectivity index (χ3v) is 3.63. The van der Waals surface area contributed by atoms with E-state index in [1.807, 2.05) is 4.90 Å². The highest BCUT2D eigenvalue weighted by Gasteiger charge is 2.23. The lowest BCUT2D eigenvalue weighted by Crippen LogP contribution is -2.35. The van der Waals surface area contributed by atoms with E-state index in [1.165, 1.54) is 0 Å². The first-order valence-electron chi connectivity index (χ1n) is 6.92. The second kappa shape index (κ2) is 6.18. The molecule has 0 spiro atoms. The van der Waals surface area contributed by atoms with Crippen molar-refractivity contribution in [2.24, 2.45) is 0 Å². The van der Waals surface area contributed by atoms with Crippen LogP contribution in [0.5, 0.6) is 0 Å². The van der Waals surface area contributed by atoms with Gasteiger partial charge in [0.2, 0.25) is 11.8 Å². The van der Waals surface area contributed by atoms with Crippen LogP contribution in [0, 0.1) is 0 Å². The topological polar surface area (TPSA) is 52.7 Å². The number of carbonyl (C=O) groups is 2. The molecule has 102 valence electrons. The van der Waals surface area contributed by atoms with Crippen molar-refractivity contribution in [1.29, 1.82) is 0 Å². The van der Waals surface area contributed by atoms with Gasteiger partial charge < -0.3 is 15.1 Å². The average Bonchev–Trinajstić information content (AvgIpc) is 3.12. The highest BCUT2D eigenvalue weighted by molar-refractivity contribution is 5.76. The Morgan fingerprint density at radius 1 is 1.17 bits per heavy atom. The van der Waals surface area contributed by atoms with Crippen molar-refractivity contribution in [3.63, 3.8) is 0 Å². The lowest BCUT2D eigenvalue weighted by atomic mass is 10.3. The van der Waals surface area contributed by atoms with Crippen LogP contribution in [0.3, 0.4) is 0 Å². The normalized spacial score (nSPS) is 21.5. The Labute approximate surface area is 108 Å². The highest BCUT2D eigenvalue weighted by atomic mass is 16.2. The molecule has 1 aliphatic carbocycles. The van der Waals surface area contributed by atoms with Crippen molar-refractivity contribution in [3.05, 3.63) is 0 Å². The summed E-state index contributed by atoms with van der Waals surface area (Å²) >= 11 is 0. The zero-order valence-electron chi connectivity index (χ0n) is 11.2. The molecule has 5 heteroatoms. The van der Waals surface area contributed by atoms with Crippen LogP contribution in [-0.4, -0.2) is 60.4 Å².